The second-order valence-electron chi connectivity index (χ2n) is 7.50. The molecule has 2 aromatic carbocycles. The monoisotopic (exact) mass is 442 g/mol. The van der Waals surface area contributed by atoms with Crippen LogP contribution < -0.4 is 10.2 Å². The summed E-state index contributed by atoms with van der Waals surface area (Å²) >= 11 is 0. The van der Waals surface area contributed by atoms with Crippen LogP contribution in [0.25, 0.3) is 21.8 Å². The number of hydrogen-bond donors (Lipinski definition) is 1. The van der Waals surface area contributed by atoms with Gasteiger partial charge in [0.25, 0.3) is 10.0 Å². The Hall–Kier alpha value is -3.04. The number of anilines is 1. The molecular formula is C22H20F2N4O2S. The fraction of sp³-hybridized carbons (Fsp3) is 0.227. The molecule has 0 bridgehead atoms. The topological polar surface area (TPSA) is 67.2 Å². The molecule has 1 fully saturated rings. The Labute approximate surface area is 178 Å². The van der Waals surface area contributed by atoms with E-state index in [0.717, 1.165) is 54.5 Å². The Morgan fingerprint density at radius 2 is 1.77 bits per heavy atom. The summed E-state index contributed by atoms with van der Waals surface area (Å²) in [6.45, 7) is 3.28. The van der Waals surface area contributed by atoms with E-state index in [1.807, 2.05) is 24.3 Å². The van der Waals surface area contributed by atoms with Gasteiger partial charge in [0.2, 0.25) is 0 Å². The largest absolute Gasteiger partial charge is 0.355 e. The lowest BCUT2D eigenvalue weighted by Gasteiger charge is -2.23. The summed E-state index contributed by atoms with van der Waals surface area (Å²) in [6, 6.07) is 11.7. The first-order chi connectivity index (χ1) is 15.0. The summed E-state index contributed by atoms with van der Waals surface area (Å²) in [5.74, 6) is -1.58. The number of aromatic nitrogens is 2. The Morgan fingerprint density at radius 1 is 0.935 bits per heavy atom. The van der Waals surface area contributed by atoms with Gasteiger partial charge in [0.15, 0.2) is 11.6 Å². The lowest BCUT2D eigenvalue weighted by Crippen LogP contribution is -2.28. The third-order valence-electron chi connectivity index (χ3n) is 5.57. The molecule has 6 nitrogen and oxygen atoms in total. The predicted molar refractivity (Wildman–Crippen MR) is 116 cm³/mol. The Morgan fingerprint density at radius 3 is 2.61 bits per heavy atom. The highest BCUT2D eigenvalue weighted by Crippen LogP contribution is 2.34. The lowest BCUT2D eigenvalue weighted by atomic mass is 10.1. The number of halogens is 2. The molecule has 5 rings (SSSR count). The second-order valence-corrected chi connectivity index (χ2v) is 9.31. The molecule has 1 N–H and O–H groups in total. The van der Waals surface area contributed by atoms with E-state index in [2.05, 4.69) is 10.2 Å². The van der Waals surface area contributed by atoms with Crippen LogP contribution in [-0.2, 0) is 10.0 Å². The van der Waals surface area contributed by atoms with Crippen molar-refractivity contribution in [2.75, 3.05) is 31.1 Å². The van der Waals surface area contributed by atoms with Crippen LogP contribution in [0.3, 0.4) is 0 Å². The summed E-state index contributed by atoms with van der Waals surface area (Å²) in [6.07, 6.45) is 2.40. The SMILES string of the molecule is O=S(=O)(c1ccc(F)c(F)c1)n1ccc2c(N3CCCNCC3)nc3ccccc3c21. The van der Waals surface area contributed by atoms with E-state index < -0.39 is 21.7 Å². The predicted octanol–water partition coefficient (Wildman–Crippen LogP) is 3.50. The minimum absolute atomic E-state index is 0.315. The van der Waals surface area contributed by atoms with Crippen molar-refractivity contribution in [1.29, 1.82) is 0 Å². The number of nitrogens with zero attached hydrogens (tertiary/aromatic N) is 3. The normalized spacial score (nSPS) is 15.5. The number of pyridine rings is 1. The van der Waals surface area contributed by atoms with Gasteiger partial charge in [-0.3, -0.25) is 0 Å². The van der Waals surface area contributed by atoms with Crippen molar-refractivity contribution < 1.29 is 17.2 Å². The van der Waals surface area contributed by atoms with E-state index in [-0.39, 0.29) is 4.90 Å². The molecule has 0 atom stereocenters. The van der Waals surface area contributed by atoms with Gasteiger partial charge in [-0.1, -0.05) is 18.2 Å². The van der Waals surface area contributed by atoms with Crippen LogP contribution in [0.2, 0.25) is 0 Å². The first-order valence-corrected chi connectivity index (χ1v) is 11.5. The van der Waals surface area contributed by atoms with Gasteiger partial charge in [-0.2, -0.15) is 0 Å². The van der Waals surface area contributed by atoms with Gasteiger partial charge >= 0.3 is 0 Å². The van der Waals surface area contributed by atoms with E-state index in [1.54, 1.807) is 6.07 Å². The quantitative estimate of drug-likeness (QED) is 0.526. The van der Waals surface area contributed by atoms with Crippen LogP contribution in [0, 0.1) is 11.6 Å². The Bertz CT molecular complexity index is 1390. The van der Waals surface area contributed by atoms with Gasteiger partial charge in [-0.15, -0.1) is 0 Å². The van der Waals surface area contributed by atoms with Crippen LogP contribution >= 0.6 is 0 Å². The lowest BCUT2D eigenvalue weighted by molar-refractivity contribution is 0.504. The zero-order valence-corrected chi connectivity index (χ0v) is 17.4. The van der Waals surface area contributed by atoms with Crippen LogP contribution in [0.4, 0.5) is 14.6 Å². The molecule has 0 spiro atoms. The molecular weight excluding hydrogens is 422 g/mol. The highest BCUT2D eigenvalue weighted by atomic mass is 32.2. The molecule has 31 heavy (non-hydrogen) atoms. The second kappa shape index (κ2) is 7.58. The molecule has 0 unspecified atom stereocenters. The molecule has 2 aromatic heterocycles. The van der Waals surface area contributed by atoms with E-state index in [9.17, 15) is 17.2 Å². The van der Waals surface area contributed by atoms with Crippen molar-refractivity contribution in [2.45, 2.75) is 11.3 Å². The molecule has 0 radical (unpaired) electrons. The number of hydrogen-bond acceptors (Lipinski definition) is 5. The van der Waals surface area contributed by atoms with Gasteiger partial charge in [0, 0.05) is 36.6 Å². The molecule has 1 aliphatic rings. The fourth-order valence-corrected chi connectivity index (χ4v) is 5.43. The average molecular weight is 442 g/mol. The molecule has 0 aliphatic carbocycles. The highest BCUT2D eigenvalue weighted by molar-refractivity contribution is 7.90. The molecule has 0 amide bonds. The van der Waals surface area contributed by atoms with E-state index in [0.29, 0.717) is 27.9 Å². The van der Waals surface area contributed by atoms with Gasteiger partial charge in [-0.25, -0.2) is 26.2 Å². The van der Waals surface area contributed by atoms with Crippen molar-refractivity contribution >= 4 is 37.6 Å². The maximum Gasteiger partial charge on any atom is 0.268 e. The smallest absolute Gasteiger partial charge is 0.268 e. The van der Waals surface area contributed by atoms with Gasteiger partial charge in [0.1, 0.15) is 5.82 Å². The van der Waals surface area contributed by atoms with Gasteiger partial charge in [-0.05, 0) is 43.3 Å². The first kappa shape index (κ1) is 19.9. The van der Waals surface area contributed by atoms with Gasteiger partial charge < -0.3 is 10.2 Å². The first-order valence-electron chi connectivity index (χ1n) is 10.0. The molecule has 160 valence electrons. The van der Waals surface area contributed by atoms with Gasteiger partial charge in [0.05, 0.1) is 15.9 Å². The number of benzene rings is 2. The summed E-state index contributed by atoms with van der Waals surface area (Å²) in [5, 5.41) is 4.73. The summed E-state index contributed by atoms with van der Waals surface area (Å²) in [4.78, 5) is 6.68. The molecule has 1 aliphatic heterocycles. The third kappa shape index (κ3) is 3.34. The van der Waals surface area contributed by atoms with Crippen molar-refractivity contribution in [2.24, 2.45) is 0 Å². The average Bonchev–Trinajstić information content (AvgIpc) is 3.05. The zero-order valence-electron chi connectivity index (χ0n) is 16.6. The van der Waals surface area contributed by atoms with Crippen molar-refractivity contribution in [3.63, 3.8) is 0 Å². The maximum atomic E-state index is 13.8. The maximum absolute atomic E-state index is 13.8. The molecule has 9 heteroatoms. The van der Waals surface area contributed by atoms with Crippen molar-refractivity contribution in [3.8, 4) is 0 Å². The molecule has 1 saturated heterocycles. The third-order valence-corrected chi connectivity index (χ3v) is 7.24. The number of nitrogens with one attached hydrogen (secondary N) is 1. The standard InChI is InChI=1S/C22H20F2N4O2S/c23-18-7-6-15(14-19(18)24)31(29,30)28-12-8-17-21(28)16-4-1-2-5-20(16)26-22(17)27-11-3-9-25-10-13-27/h1-2,4-8,12,14,25H,3,9-11,13H2. The minimum Gasteiger partial charge on any atom is -0.355 e. The minimum atomic E-state index is -4.16. The Balaban J connectivity index is 1.78. The number of rotatable bonds is 3. The number of para-hydroxylation sites is 1. The van der Waals surface area contributed by atoms with Crippen molar-refractivity contribution in [1.82, 2.24) is 14.3 Å². The fourth-order valence-electron chi connectivity index (χ4n) is 4.05. The van der Waals surface area contributed by atoms with E-state index in [4.69, 9.17) is 4.98 Å². The van der Waals surface area contributed by atoms with Crippen LogP contribution in [0.5, 0.6) is 0 Å². The summed E-state index contributed by atoms with van der Waals surface area (Å²) in [7, 11) is -4.16. The van der Waals surface area contributed by atoms with E-state index >= 15 is 0 Å². The molecule has 4 aromatic rings. The van der Waals surface area contributed by atoms with Crippen LogP contribution in [-0.4, -0.2) is 43.6 Å². The molecule has 0 saturated carbocycles. The number of fused-ring (bicyclic) bond motifs is 3. The van der Waals surface area contributed by atoms with E-state index in [1.165, 1.54) is 6.20 Å². The molecule has 3 heterocycles. The van der Waals surface area contributed by atoms with Crippen LogP contribution in [0.1, 0.15) is 6.42 Å². The highest BCUT2D eigenvalue weighted by Gasteiger charge is 2.25. The Kier molecular flexibility index (Phi) is 4.86. The zero-order chi connectivity index (χ0) is 21.6. The van der Waals surface area contributed by atoms with Crippen LogP contribution in [0.15, 0.2) is 59.6 Å². The summed E-state index contributed by atoms with van der Waals surface area (Å²) in [5.41, 5.74) is 1.14. The summed E-state index contributed by atoms with van der Waals surface area (Å²) < 4.78 is 55.1. The van der Waals surface area contributed by atoms with Crippen molar-refractivity contribution in [3.05, 3.63) is 66.4 Å².